The van der Waals surface area contributed by atoms with E-state index in [0.29, 0.717) is 6.54 Å². The predicted octanol–water partition coefficient (Wildman–Crippen LogP) is 2.08. The first-order valence-electron chi connectivity index (χ1n) is 7.36. The monoisotopic (exact) mass is 428 g/mol. The number of aryl methyl sites for hydroxylation is 1. The molecular formula is C16H25IN6. The number of halogens is 1. The van der Waals surface area contributed by atoms with Crippen molar-refractivity contribution in [2.75, 3.05) is 13.6 Å². The van der Waals surface area contributed by atoms with Crippen molar-refractivity contribution in [3.63, 3.8) is 0 Å². The van der Waals surface area contributed by atoms with Gasteiger partial charge in [0, 0.05) is 26.1 Å². The maximum Gasteiger partial charge on any atom is 0.191 e. The van der Waals surface area contributed by atoms with Gasteiger partial charge in [-0.2, -0.15) is 0 Å². The van der Waals surface area contributed by atoms with Gasteiger partial charge in [-0.1, -0.05) is 44.2 Å². The van der Waals surface area contributed by atoms with Gasteiger partial charge in [-0.05, 0) is 5.56 Å². The summed E-state index contributed by atoms with van der Waals surface area (Å²) in [5, 5.41) is 14.5. The molecule has 0 spiro atoms. The third kappa shape index (κ3) is 5.49. The Hall–Kier alpha value is -1.64. The lowest BCUT2D eigenvalue weighted by Crippen LogP contribution is -2.43. The van der Waals surface area contributed by atoms with Crippen molar-refractivity contribution in [3.05, 3.63) is 48.0 Å². The zero-order chi connectivity index (χ0) is 16.0. The van der Waals surface area contributed by atoms with Crippen LogP contribution in [0.15, 0.2) is 41.7 Å². The highest BCUT2D eigenvalue weighted by Gasteiger charge is 2.20. The van der Waals surface area contributed by atoms with E-state index in [0.717, 1.165) is 18.3 Å². The van der Waals surface area contributed by atoms with Crippen molar-refractivity contribution in [3.8, 4) is 0 Å². The molecule has 7 heteroatoms. The minimum atomic E-state index is 0. The summed E-state index contributed by atoms with van der Waals surface area (Å²) in [6.07, 6.45) is 1.69. The van der Waals surface area contributed by atoms with Crippen molar-refractivity contribution in [2.24, 2.45) is 12.0 Å². The number of guanidine groups is 1. The average molecular weight is 428 g/mol. The lowest BCUT2D eigenvalue weighted by atomic mass is 9.85. The number of hydrogen-bond donors (Lipinski definition) is 2. The van der Waals surface area contributed by atoms with E-state index in [1.165, 1.54) is 5.56 Å². The smallest absolute Gasteiger partial charge is 0.191 e. The maximum atomic E-state index is 4.25. The average Bonchev–Trinajstić information content (AvgIpc) is 2.93. The zero-order valence-electron chi connectivity index (χ0n) is 14.1. The lowest BCUT2D eigenvalue weighted by molar-refractivity contribution is 0.508. The molecule has 0 radical (unpaired) electrons. The molecule has 0 atom stereocenters. The quantitative estimate of drug-likeness (QED) is 0.435. The van der Waals surface area contributed by atoms with Gasteiger partial charge < -0.3 is 15.2 Å². The highest BCUT2D eigenvalue weighted by Crippen LogP contribution is 2.21. The lowest BCUT2D eigenvalue weighted by Gasteiger charge is -2.26. The van der Waals surface area contributed by atoms with Crippen molar-refractivity contribution < 1.29 is 0 Å². The van der Waals surface area contributed by atoms with Crippen LogP contribution in [0.1, 0.15) is 25.2 Å². The third-order valence-electron chi connectivity index (χ3n) is 3.70. The van der Waals surface area contributed by atoms with E-state index in [1.54, 1.807) is 13.4 Å². The Labute approximate surface area is 154 Å². The number of nitrogens with one attached hydrogen (secondary N) is 2. The Kier molecular flexibility index (Phi) is 7.47. The van der Waals surface area contributed by atoms with Crippen LogP contribution in [0.25, 0.3) is 0 Å². The second-order valence-corrected chi connectivity index (χ2v) is 5.89. The van der Waals surface area contributed by atoms with E-state index < -0.39 is 0 Å². The topological polar surface area (TPSA) is 67.1 Å². The maximum absolute atomic E-state index is 4.25. The molecule has 2 N–H and O–H groups in total. The molecule has 2 rings (SSSR count). The van der Waals surface area contributed by atoms with Gasteiger partial charge in [-0.25, -0.2) is 0 Å². The molecule has 1 aromatic heterocycles. The van der Waals surface area contributed by atoms with Gasteiger partial charge in [0.1, 0.15) is 6.33 Å². The molecule has 0 amide bonds. The van der Waals surface area contributed by atoms with Crippen molar-refractivity contribution in [1.82, 2.24) is 25.4 Å². The second kappa shape index (κ2) is 8.85. The molecule has 0 aliphatic heterocycles. The molecular weight excluding hydrogens is 403 g/mol. The molecule has 0 saturated carbocycles. The number of aromatic nitrogens is 3. The van der Waals surface area contributed by atoms with Gasteiger partial charge >= 0.3 is 0 Å². The van der Waals surface area contributed by atoms with E-state index in [1.807, 2.05) is 17.7 Å². The molecule has 2 aromatic rings. The molecule has 0 fully saturated rings. The largest absolute Gasteiger partial charge is 0.356 e. The van der Waals surface area contributed by atoms with Crippen LogP contribution in [-0.2, 0) is 19.0 Å². The second-order valence-electron chi connectivity index (χ2n) is 5.89. The predicted molar refractivity (Wildman–Crippen MR) is 104 cm³/mol. The van der Waals surface area contributed by atoms with Crippen molar-refractivity contribution in [1.29, 1.82) is 0 Å². The molecule has 0 bridgehead atoms. The summed E-state index contributed by atoms with van der Waals surface area (Å²) in [7, 11) is 3.69. The summed E-state index contributed by atoms with van der Waals surface area (Å²) >= 11 is 0. The SMILES string of the molecule is CN=C(NCc1nncn1C)NCC(C)(C)c1ccccc1.I. The fraction of sp³-hybridized carbons (Fsp3) is 0.438. The summed E-state index contributed by atoms with van der Waals surface area (Å²) in [6, 6.07) is 10.5. The van der Waals surface area contributed by atoms with Crippen LogP contribution < -0.4 is 10.6 Å². The summed E-state index contributed by atoms with van der Waals surface area (Å²) < 4.78 is 1.88. The van der Waals surface area contributed by atoms with Crippen molar-refractivity contribution in [2.45, 2.75) is 25.8 Å². The minimum Gasteiger partial charge on any atom is -0.356 e. The molecule has 1 heterocycles. The van der Waals surface area contributed by atoms with Gasteiger partial charge in [-0.15, -0.1) is 34.2 Å². The highest BCUT2D eigenvalue weighted by molar-refractivity contribution is 14.0. The van der Waals surface area contributed by atoms with Gasteiger partial charge in [0.2, 0.25) is 0 Å². The van der Waals surface area contributed by atoms with Crippen LogP contribution in [0.4, 0.5) is 0 Å². The Morgan fingerprint density at radius 3 is 2.48 bits per heavy atom. The van der Waals surface area contributed by atoms with E-state index in [4.69, 9.17) is 0 Å². The van der Waals surface area contributed by atoms with Crippen LogP contribution >= 0.6 is 24.0 Å². The van der Waals surface area contributed by atoms with Gasteiger partial charge in [0.15, 0.2) is 11.8 Å². The van der Waals surface area contributed by atoms with Crippen LogP contribution in [0, 0.1) is 0 Å². The molecule has 23 heavy (non-hydrogen) atoms. The minimum absolute atomic E-state index is 0. The normalized spacial score (nSPS) is 11.7. The summed E-state index contributed by atoms with van der Waals surface area (Å²) in [5.74, 6) is 1.62. The zero-order valence-corrected chi connectivity index (χ0v) is 16.4. The van der Waals surface area contributed by atoms with E-state index in [2.05, 4.69) is 63.9 Å². The molecule has 0 saturated heterocycles. The van der Waals surface area contributed by atoms with Crippen molar-refractivity contribution >= 4 is 29.9 Å². The van der Waals surface area contributed by atoms with Gasteiger partial charge in [0.05, 0.1) is 6.54 Å². The number of rotatable bonds is 5. The van der Waals surface area contributed by atoms with Gasteiger partial charge in [0.25, 0.3) is 0 Å². The van der Waals surface area contributed by atoms with Crippen LogP contribution in [-0.4, -0.2) is 34.3 Å². The van der Waals surface area contributed by atoms with E-state index >= 15 is 0 Å². The molecule has 0 aliphatic carbocycles. The van der Waals surface area contributed by atoms with E-state index in [9.17, 15) is 0 Å². The Morgan fingerprint density at radius 1 is 1.22 bits per heavy atom. The fourth-order valence-corrected chi connectivity index (χ4v) is 2.15. The first kappa shape index (κ1) is 19.4. The first-order valence-corrected chi connectivity index (χ1v) is 7.36. The third-order valence-corrected chi connectivity index (χ3v) is 3.70. The van der Waals surface area contributed by atoms with Crippen LogP contribution in [0.2, 0.25) is 0 Å². The Bertz CT molecular complexity index is 621. The molecule has 126 valence electrons. The summed E-state index contributed by atoms with van der Waals surface area (Å²) in [6.45, 7) is 5.80. The molecule has 6 nitrogen and oxygen atoms in total. The summed E-state index contributed by atoms with van der Waals surface area (Å²) in [5.41, 5.74) is 1.31. The number of nitrogens with zero attached hydrogens (tertiary/aromatic N) is 4. The van der Waals surface area contributed by atoms with Crippen LogP contribution in [0.3, 0.4) is 0 Å². The Morgan fingerprint density at radius 2 is 1.91 bits per heavy atom. The van der Waals surface area contributed by atoms with Gasteiger partial charge in [-0.3, -0.25) is 4.99 Å². The standard InChI is InChI=1S/C16H24N6.HI/c1-16(2,13-8-6-5-7-9-13)11-19-15(17-3)18-10-14-21-20-12-22(14)4;/h5-9,12H,10-11H2,1-4H3,(H2,17,18,19);1H. The highest BCUT2D eigenvalue weighted by atomic mass is 127. The molecule has 1 aromatic carbocycles. The molecule has 0 unspecified atom stereocenters. The fourth-order valence-electron chi connectivity index (χ4n) is 2.15. The molecule has 0 aliphatic rings. The first-order chi connectivity index (χ1) is 10.5. The Balaban J connectivity index is 0.00000264. The van der Waals surface area contributed by atoms with E-state index in [-0.39, 0.29) is 29.4 Å². The number of hydrogen-bond acceptors (Lipinski definition) is 3. The number of benzene rings is 1. The summed E-state index contributed by atoms with van der Waals surface area (Å²) in [4.78, 5) is 4.25. The number of aliphatic imine (C=N–C) groups is 1. The van der Waals surface area contributed by atoms with Crippen LogP contribution in [0.5, 0.6) is 0 Å².